The summed E-state index contributed by atoms with van der Waals surface area (Å²) in [5, 5.41) is 12.4. The van der Waals surface area contributed by atoms with E-state index in [1.807, 2.05) is 0 Å². The minimum Gasteiger partial charge on any atom is -0.506 e. The molecule has 4 nitrogen and oxygen atoms in total. The zero-order valence-electron chi connectivity index (χ0n) is 9.28. The lowest BCUT2D eigenvalue weighted by molar-refractivity contribution is -0.129. The lowest BCUT2D eigenvalue weighted by Gasteiger charge is -2.21. The van der Waals surface area contributed by atoms with E-state index in [2.05, 4.69) is 5.32 Å². The van der Waals surface area contributed by atoms with E-state index in [0.717, 1.165) is 19.3 Å². The molecule has 1 heterocycles. The van der Waals surface area contributed by atoms with E-state index in [0.29, 0.717) is 12.3 Å². The Hall–Kier alpha value is -1.26. The lowest BCUT2D eigenvalue weighted by Crippen LogP contribution is -2.33. The summed E-state index contributed by atoms with van der Waals surface area (Å²) in [6.07, 6.45) is 2.36. The average Bonchev–Trinajstić information content (AvgIpc) is 2.35. The Morgan fingerprint density at radius 3 is 2.94 bits per heavy atom. The van der Waals surface area contributed by atoms with E-state index in [9.17, 15) is 9.90 Å². The fourth-order valence-electron chi connectivity index (χ4n) is 1.76. The third kappa shape index (κ3) is 3.11. The summed E-state index contributed by atoms with van der Waals surface area (Å²) in [4.78, 5) is 11.8. The van der Waals surface area contributed by atoms with E-state index in [-0.39, 0.29) is 22.8 Å². The Bertz CT molecular complexity index is 416. The van der Waals surface area contributed by atoms with Crippen LogP contribution in [0.5, 0.6) is 5.75 Å². The number of carbonyl (C=O) groups is 1. The number of phenols is 1. The molecular weight excluding hydrogens is 242 g/mol. The summed E-state index contributed by atoms with van der Waals surface area (Å²) >= 11 is 5.68. The van der Waals surface area contributed by atoms with Crippen LogP contribution in [-0.2, 0) is 9.53 Å². The van der Waals surface area contributed by atoms with Crippen molar-refractivity contribution >= 4 is 23.2 Å². The van der Waals surface area contributed by atoms with Gasteiger partial charge in [0.05, 0.1) is 5.02 Å². The molecule has 1 aromatic rings. The number of nitrogens with one attached hydrogen (secondary N) is 1. The first kappa shape index (κ1) is 12.2. The largest absolute Gasteiger partial charge is 0.506 e. The number of amides is 1. The predicted octanol–water partition coefficient (Wildman–Crippen LogP) is 2.55. The first-order chi connectivity index (χ1) is 8.16. The van der Waals surface area contributed by atoms with Crippen LogP contribution in [0.25, 0.3) is 0 Å². The second-order valence-corrected chi connectivity index (χ2v) is 4.42. The predicted molar refractivity (Wildman–Crippen MR) is 65.3 cm³/mol. The first-order valence-electron chi connectivity index (χ1n) is 5.58. The topological polar surface area (TPSA) is 58.6 Å². The van der Waals surface area contributed by atoms with Crippen molar-refractivity contribution in [2.45, 2.75) is 25.4 Å². The van der Waals surface area contributed by atoms with Crippen LogP contribution in [0.2, 0.25) is 5.02 Å². The standard InChI is InChI=1S/C12H14ClNO3/c13-9-5-4-8(7-10(9)15)14-12(16)11-3-1-2-6-17-11/h4-5,7,11,15H,1-3,6H2,(H,14,16). The average molecular weight is 256 g/mol. The molecule has 17 heavy (non-hydrogen) atoms. The molecule has 0 aromatic heterocycles. The number of rotatable bonds is 2. The Morgan fingerprint density at radius 1 is 1.47 bits per heavy atom. The Kier molecular flexibility index (Phi) is 3.86. The van der Waals surface area contributed by atoms with E-state index >= 15 is 0 Å². The molecule has 1 atom stereocenters. The SMILES string of the molecule is O=C(Nc1ccc(Cl)c(O)c1)C1CCCCO1. The van der Waals surface area contributed by atoms with E-state index in [4.69, 9.17) is 16.3 Å². The van der Waals surface area contributed by atoms with Gasteiger partial charge in [-0.25, -0.2) is 0 Å². The van der Waals surface area contributed by atoms with Crippen molar-refractivity contribution in [2.75, 3.05) is 11.9 Å². The molecule has 5 heteroatoms. The summed E-state index contributed by atoms with van der Waals surface area (Å²) in [6.45, 7) is 0.629. The third-order valence-electron chi connectivity index (χ3n) is 2.69. The van der Waals surface area contributed by atoms with Crippen molar-refractivity contribution in [1.29, 1.82) is 0 Å². The number of ether oxygens (including phenoxy) is 1. The number of hydrogen-bond acceptors (Lipinski definition) is 3. The number of anilines is 1. The summed E-state index contributed by atoms with van der Waals surface area (Å²) in [5.74, 6) is -0.222. The monoisotopic (exact) mass is 255 g/mol. The van der Waals surface area contributed by atoms with Crippen molar-refractivity contribution in [3.8, 4) is 5.75 Å². The molecule has 2 rings (SSSR count). The van der Waals surface area contributed by atoms with Crippen molar-refractivity contribution in [2.24, 2.45) is 0 Å². The number of phenolic OH excluding ortho intramolecular Hbond substituents is 1. The van der Waals surface area contributed by atoms with Gasteiger partial charge in [0.1, 0.15) is 11.9 Å². The molecule has 0 spiro atoms. The molecule has 1 saturated heterocycles. The molecule has 0 saturated carbocycles. The van der Waals surface area contributed by atoms with E-state index < -0.39 is 0 Å². The van der Waals surface area contributed by atoms with E-state index in [1.165, 1.54) is 12.1 Å². The summed E-state index contributed by atoms with van der Waals surface area (Å²) in [6, 6.07) is 4.60. The van der Waals surface area contributed by atoms with Gasteiger partial charge in [0, 0.05) is 18.4 Å². The maximum atomic E-state index is 11.8. The highest BCUT2D eigenvalue weighted by molar-refractivity contribution is 6.32. The van der Waals surface area contributed by atoms with Gasteiger partial charge >= 0.3 is 0 Å². The van der Waals surface area contributed by atoms with Crippen molar-refractivity contribution < 1.29 is 14.6 Å². The van der Waals surface area contributed by atoms with Gasteiger partial charge in [0.25, 0.3) is 5.91 Å². The van der Waals surface area contributed by atoms with Crippen molar-refractivity contribution in [3.63, 3.8) is 0 Å². The van der Waals surface area contributed by atoms with Crippen molar-refractivity contribution in [1.82, 2.24) is 0 Å². The quantitative estimate of drug-likeness (QED) is 0.854. The van der Waals surface area contributed by atoms with Gasteiger partial charge in [0.2, 0.25) is 0 Å². The van der Waals surface area contributed by atoms with Crippen LogP contribution in [0.4, 0.5) is 5.69 Å². The lowest BCUT2D eigenvalue weighted by atomic mass is 10.1. The minimum atomic E-state index is -0.387. The van der Waals surface area contributed by atoms with Gasteiger partial charge in [0.15, 0.2) is 0 Å². The van der Waals surface area contributed by atoms with Gasteiger partial charge in [-0.3, -0.25) is 4.79 Å². The highest BCUT2D eigenvalue weighted by atomic mass is 35.5. The second-order valence-electron chi connectivity index (χ2n) is 4.01. The summed E-state index contributed by atoms with van der Waals surface area (Å²) < 4.78 is 5.37. The molecule has 1 aliphatic rings. The van der Waals surface area contributed by atoms with Gasteiger partial charge < -0.3 is 15.2 Å². The molecule has 92 valence electrons. The molecule has 0 aliphatic carbocycles. The number of carbonyl (C=O) groups excluding carboxylic acids is 1. The van der Waals surface area contributed by atoms with Crippen LogP contribution in [0.3, 0.4) is 0 Å². The molecule has 1 fully saturated rings. The Balaban J connectivity index is 1.99. The van der Waals surface area contributed by atoms with Gasteiger partial charge in [-0.1, -0.05) is 11.6 Å². The van der Waals surface area contributed by atoms with E-state index in [1.54, 1.807) is 6.07 Å². The van der Waals surface area contributed by atoms with Gasteiger partial charge in [-0.05, 0) is 31.4 Å². The first-order valence-corrected chi connectivity index (χ1v) is 5.95. The molecular formula is C12H14ClNO3. The van der Waals surface area contributed by atoms with Crippen LogP contribution in [0.1, 0.15) is 19.3 Å². The molecule has 1 aliphatic heterocycles. The molecule has 1 unspecified atom stereocenters. The maximum absolute atomic E-state index is 11.8. The number of hydrogen-bond donors (Lipinski definition) is 2. The smallest absolute Gasteiger partial charge is 0.253 e. The summed E-state index contributed by atoms with van der Waals surface area (Å²) in [5.41, 5.74) is 0.520. The van der Waals surface area contributed by atoms with Crippen molar-refractivity contribution in [3.05, 3.63) is 23.2 Å². The fourth-order valence-corrected chi connectivity index (χ4v) is 1.88. The van der Waals surface area contributed by atoms with Crippen LogP contribution in [0, 0.1) is 0 Å². The maximum Gasteiger partial charge on any atom is 0.253 e. The highest BCUT2D eigenvalue weighted by Gasteiger charge is 2.21. The zero-order valence-corrected chi connectivity index (χ0v) is 10.0. The zero-order chi connectivity index (χ0) is 12.3. The van der Waals surface area contributed by atoms with Gasteiger partial charge in [-0.2, -0.15) is 0 Å². The molecule has 0 radical (unpaired) electrons. The molecule has 0 bridgehead atoms. The highest BCUT2D eigenvalue weighted by Crippen LogP contribution is 2.26. The molecule has 2 N–H and O–H groups in total. The molecule has 1 amide bonds. The molecule has 1 aromatic carbocycles. The van der Waals surface area contributed by atoms with Gasteiger partial charge in [-0.15, -0.1) is 0 Å². The minimum absolute atomic E-state index is 0.0472. The van der Waals surface area contributed by atoms with Crippen LogP contribution >= 0.6 is 11.6 Å². The normalized spacial score (nSPS) is 19.9. The van der Waals surface area contributed by atoms with Crippen LogP contribution in [0.15, 0.2) is 18.2 Å². The number of halogens is 1. The Morgan fingerprint density at radius 2 is 2.29 bits per heavy atom. The second kappa shape index (κ2) is 5.38. The fraction of sp³-hybridized carbons (Fsp3) is 0.417. The van der Waals surface area contributed by atoms with Crippen LogP contribution in [-0.4, -0.2) is 23.7 Å². The Labute approximate surface area is 105 Å². The third-order valence-corrected chi connectivity index (χ3v) is 3.01. The van der Waals surface area contributed by atoms with Crippen LogP contribution < -0.4 is 5.32 Å². The number of benzene rings is 1. The summed E-state index contributed by atoms with van der Waals surface area (Å²) in [7, 11) is 0. The number of aromatic hydroxyl groups is 1.